The summed E-state index contributed by atoms with van der Waals surface area (Å²) in [4.78, 5) is 4.95. The Balaban J connectivity index is 1.55. The average Bonchev–Trinajstić information content (AvgIpc) is 3.16. The van der Waals surface area contributed by atoms with Gasteiger partial charge in [0.2, 0.25) is 0 Å². The van der Waals surface area contributed by atoms with E-state index >= 15 is 0 Å². The molecule has 0 aliphatic carbocycles. The molecular weight excluding hydrogens is 629 g/mol. The maximum Gasteiger partial charge on any atom is 0.0619 e. The van der Waals surface area contributed by atoms with Crippen LogP contribution < -0.4 is 9.80 Å². The Kier molecular flexibility index (Phi) is 9.93. The fourth-order valence-corrected chi connectivity index (χ4v) is 7.41. The predicted octanol–water partition coefficient (Wildman–Crippen LogP) is 15.4. The van der Waals surface area contributed by atoms with Gasteiger partial charge in [0.25, 0.3) is 0 Å². The van der Waals surface area contributed by atoms with Crippen molar-refractivity contribution in [3.05, 3.63) is 168 Å². The fourth-order valence-electron chi connectivity index (χ4n) is 7.41. The van der Waals surface area contributed by atoms with Crippen molar-refractivity contribution in [3.8, 4) is 0 Å². The number of hydrogen-bond donors (Lipinski definition) is 0. The molecule has 2 nitrogen and oxygen atoms in total. The highest BCUT2D eigenvalue weighted by atomic mass is 15.2. The van der Waals surface area contributed by atoms with E-state index in [0.29, 0.717) is 23.7 Å². The predicted molar refractivity (Wildman–Crippen MR) is 227 cm³/mol. The molecule has 52 heavy (non-hydrogen) atoms. The molecule has 2 heteroatoms. The van der Waals surface area contributed by atoms with E-state index in [9.17, 15) is 0 Å². The molecular formula is C50H52N2. The lowest BCUT2D eigenvalue weighted by atomic mass is 9.94. The minimum atomic E-state index is 0.462. The maximum absolute atomic E-state index is 2.47. The SMILES string of the molecule is CC(C)c1ccc(N(c2ccc(C(C)C)cc2)c2c3ccccc3c(N(c3ccc(C(C)C)cc3)c3ccc(C(C)C)cc3)c3ccccc23)cc1. The van der Waals surface area contributed by atoms with Gasteiger partial charge in [-0.2, -0.15) is 0 Å². The van der Waals surface area contributed by atoms with E-state index in [-0.39, 0.29) is 0 Å². The first kappa shape index (κ1) is 35.1. The molecule has 0 saturated carbocycles. The Morgan fingerprint density at radius 3 is 0.635 bits per heavy atom. The third-order valence-corrected chi connectivity index (χ3v) is 10.6. The second-order valence-corrected chi connectivity index (χ2v) is 15.4. The van der Waals surface area contributed by atoms with Crippen LogP contribution >= 0.6 is 0 Å². The highest BCUT2D eigenvalue weighted by Gasteiger charge is 2.25. The van der Waals surface area contributed by atoms with E-state index in [0.717, 1.165) is 22.7 Å². The monoisotopic (exact) mass is 680 g/mol. The van der Waals surface area contributed by atoms with Gasteiger partial charge in [-0.15, -0.1) is 0 Å². The van der Waals surface area contributed by atoms with Crippen LogP contribution in [0.5, 0.6) is 0 Å². The molecule has 0 amide bonds. The van der Waals surface area contributed by atoms with Crippen molar-refractivity contribution in [3.63, 3.8) is 0 Å². The summed E-state index contributed by atoms with van der Waals surface area (Å²) < 4.78 is 0. The van der Waals surface area contributed by atoms with Gasteiger partial charge in [-0.1, -0.05) is 152 Å². The van der Waals surface area contributed by atoms with Crippen molar-refractivity contribution >= 4 is 55.7 Å². The molecule has 0 N–H and O–H groups in total. The van der Waals surface area contributed by atoms with E-state index < -0.39 is 0 Å². The molecule has 0 saturated heterocycles. The fraction of sp³-hybridized carbons (Fsp3) is 0.240. The van der Waals surface area contributed by atoms with Gasteiger partial charge in [0.1, 0.15) is 0 Å². The summed E-state index contributed by atoms with van der Waals surface area (Å²) in [6.07, 6.45) is 0. The van der Waals surface area contributed by atoms with Gasteiger partial charge in [-0.05, 0) is 94.5 Å². The van der Waals surface area contributed by atoms with Gasteiger partial charge < -0.3 is 9.80 Å². The zero-order chi connectivity index (χ0) is 36.5. The van der Waals surface area contributed by atoms with E-state index in [2.05, 4.69) is 211 Å². The van der Waals surface area contributed by atoms with Crippen molar-refractivity contribution in [1.29, 1.82) is 0 Å². The molecule has 7 aromatic carbocycles. The second-order valence-electron chi connectivity index (χ2n) is 15.4. The lowest BCUT2D eigenvalue weighted by Gasteiger charge is -2.33. The van der Waals surface area contributed by atoms with E-state index in [4.69, 9.17) is 0 Å². The summed E-state index contributed by atoms with van der Waals surface area (Å²) in [5, 5.41) is 4.83. The second kappa shape index (κ2) is 14.7. The molecule has 7 rings (SSSR count). The minimum absolute atomic E-state index is 0.462. The van der Waals surface area contributed by atoms with Crippen LogP contribution in [0.3, 0.4) is 0 Å². The van der Waals surface area contributed by atoms with Gasteiger partial charge >= 0.3 is 0 Å². The van der Waals surface area contributed by atoms with Crippen LogP contribution in [-0.2, 0) is 0 Å². The Morgan fingerprint density at radius 1 is 0.269 bits per heavy atom. The molecule has 7 aromatic rings. The first-order valence-corrected chi connectivity index (χ1v) is 19.1. The largest absolute Gasteiger partial charge is 0.309 e. The summed E-state index contributed by atoms with van der Waals surface area (Å²) in [7, 11) is 0. The highest BCUT2D eigenvalue weighted by molar-refractivity contribution is 6.23. The maximum atomic E-state index is 2.47. The standard InChI is InChI=1S/C50H52N2/c1-33(2)37-17-25-41(26-18-37)51(42-27-19-38(20-28-42)34(3)4)49-45-13-9-11-15-47(45)50(48-16-12-10-14-46(48)49)52(43-29-21-39(22-30-43)35(5)6)44-31-23-40(24-32-44)36(7)8/h9-36H,1-8H3. The van der Waals surface area contributed by atoms with Gasteiger partial charge in [0.05, 0.1) is 11.4 Å². The lowest BCUT2D eigenvalue weighted by molar-refractivity contribution is 0.866. The molecule has 0 fully saturated rings. The van der Waals surface area contributed by atoms with Crippen LogP contribution in [0, 0.1) is 0 Å². The summed E-state index contributed by atoms with van der Waals surface area (Å²) >= 11 is 0. The Hall–Kier alpha value is -5.34. The number of benzene rings is 7. The number of nitrogens with zero attached hydrogens (tertiary/aromatic N) is 2. The smallest absolute Gasteiger partial charge is 0.0619 e. The van der Waals surface area contributed by atoms with Crippen molar-refractivity contribution < 1.29 is 0 Å². The third kappa shape index (κ3) is 6.71. The minimum Gasteiger partial charge on any atom is -0.309 e. The first-order chi connectivity index (χ1) is 25.1. The number of fused-ring (bicyclic) bond motifs is 2. The van der Waals surface area contributed by atoms with Crippen molar-refractivity contribution in [2.45, 2.75) is 79.1 Å². The molecule has 262 valence electrons. The Labute approximate surface area is 311 Å². The summed E-state index contributed by atoms with van der Waals surface area (Å²) in [5.41, 5.74) is 12.3. The number of anilines is 6. The van der Waals surface area contributed by atoms with Gasteiger partial charge in [0.15, 0.2) is 0 Å². The molecule has 0 spiro atoms. The lowest BCUT2D eigenvalue weighted by Crippen LogP contribution is -2.15. The summed E-state index contributed by atoms with van der Waals surface area (Å²) in [6.45, 7) is 18.1. The molecule has 0 aliphatic heterocycles. The summed E-state index contributed by atoms with van der Waals surface area (Å²) in [5.74, 6) is 1.85. The number of hydrogen-bond acceptors (Lipinski definition) is 2. The summed E-state index contributed by atoms with van der Waals surface area (Å²) in [6, 6.07) is 54.6. The zero-order valence-corrected chi connectivity index (χ0v) is 32.1. The first-order valence-electron chi connectivity index (χ1n) is 19.1. The van der Waals surface area contributed by atoms with Crippen LogP contribution in [0.15, 0.2) is 146 Å². The molecule has 0 radical (unpaired) electrons. The van der Waals surface area contributed by atoms with Gasteiger partial charge in [-0.25, -0.2) is 0 Å². The molecule has 0 unspecified atom stereocenters. The van der Waals surface area contributed by atoms with E-state index in [1.165, 1.54) is 55.2 Å². The normalized spacial score (nSPS) is 11.8. The molecule has 0 aliphatic rings. The van der Waals surface area contributed by atoms with Crippen molar-refractivity contribution in [1.82, 2.24) is 0 Å². The molecule has 0 atom stereocenters. The topological polar surface area (TPSA) is 6.48 Å². The van der Waals surface area contributed by atoms with Gasteiger partial charge in [0, 0.05) is 44.3 Å². The van der Waals surface area contributed by atoms with Crippen molar-refractivity contribution in [2.24, 2.45) is 0 Å². The third-order valence-electron chi connectivity index (χ3n) is 10.6. The van der Waals surface area contributed by atoms with Crippen LogP contribution in [0.2, 0.25) is 0 Å². The van der Waals surface area contributed by atoms with Gasteiger partial charge in [-0.3, -0.25) is 0 Å². The molecule has 0 aromatic heterocycles. The quantitative estimate of drug-likeness (QED) is 0.105. The van der Waals surface area contributed by atoms with Crippen LogP contribution in [0.4, 0.5) is 34.1 Å². The Morgan fingerprint density at radius 2 is 0.462 bits per heavy atom. The molecule has 0 heterocycles. The van der Waals surface area contributed by atoms with Crippen LogP contribution in [0.25, 0.3) is 21.5 Å². The van der Waals surface area contributed by atoms with E-state index in [1.807, 2.05) is 0 Å². The number of rotatable bonds is 10. The van der Waals surface area contributed by atoms with E-state index in [1.54, 1.807) is 0 Å². The average molecular weight is 681 g/mol. The Bertz CT molecular complexity index is 1950. The molecule has 0 bridgehead atoms. The van der Waals surface area contributed by atoms with Crippen LogP contribution in [0.1, 0.15) is 101 Å². The zero-order valence-electron chi connectivity index (χ0n) is 32.1. The van der Waals surface area contributed by atoms with Crippen LogP contribution in [-0.4, -0.2) is 0 Å². The highest BCUT2D eigenvalue weighted by Crippen LogP contribution is 2.51. The van der Waals surface area contributed by atoms with Crippen molar-refractivity contribution in [2.75, 3.05) is 9.80 Å².